The topological polar surface area (TPSA) is 50.3 Å². The maximum absolute atomic E-state index is 12.3. The van der Waals surface area contributed by atoms with Gasteiger partial charge in [0.2, 0.25) is 0 Å². The molecule has 1 N–H and O–H groups in total. The third kappa shape index (κ3) is 3.58. The minimum Gasteiger partial charge on any atom is -0.395 e. The summed E-state index contributed by atoms with van der Waals surface area (Å²) in [7, 11) is 0. The first-order valence-corrected chi connectivity index (χ1v) is 7.40. The van der Waals surface area contributed by atoms with E-state index in [0.29, 0.717) is 0 Å². The summed E-state index contributed by atoms with van der Waals surface area (Å²) in [5.74, 6) is 0. The molecule has 0 spiro atoms. The summed E-state index contributed by atoms with van der Waals surface area (Å²) < 4.78 is 0. The van der Waals surface area contributed by atoms with Crippen LogP contribution in [0.2, 0.25) is 0 Å². The van der Waals surface area contributed by atoms with Crippen molar-refractivity contribution in [1.82, 2.24) is 19.8 Å². The normalized spacial score (nSPS) is 22.5. The van der Waals surface area contributed by atoms with Gasteiger partial charge in [0, 0.05) is 45.8 Å². The summed E-state index contributed by atoms with van der Waals surface area (Å²) in [6.07, 6.45) is 2.22. The van der Waals surface area contributed by atoms with E-state index >= 15 is 0 Å². The quantitative estimate of drug-likeness (QED) is 0.741. The Balaban J connectivity index is 1.79. The van der Waals surface area contributed by atoms with Crippen LogP contribution in [0.15, 0.2) is 0 Å². The SMILES string of the molecule is CCCCN1CCN(N2CCN(CCO)CC2)C1=O. The molecule has 0 saturated carbocycles. The number of β-amino-alcohol motifs (C(OH)–C–C–N with tert-alkyl or cyclic N) is 1. The number of carbonyl (C=O) groups excluding carboxylic acids is 1. The molecule has 2 aliphatic rings. The van der Waals surface area contributed by atoms with Crippen LogP contribution in [0.25, 0.3) is 0 Å². The maximum atomic E-state index is 12.3. The molecular formula is C13H26N4O2. The van der Waals surface area contributed by atoms with Crippen molar-refractivity contribution >= 4 is 6.03 Å². The van der Waals surface area contributed by atoms with Gasteiger partial charge in [0.05, 0.1) is 13.2 Å². The van der Waals surface area contributed by atoms with Crippen LogP contribution in [0.4, 0.5) is 4.79 Å². The first-order chi connectivity index (χ1) is 9.26. The summed E-state index contributed by atoms with van der Waals surface area (Å²) in [5.41, 5.74) is 0. The highest BCUT2D eigenvalue weighted by Crippen LogP contribution is 2.14. The molecule has 19 heavy (non-hydrogen) atoms. The Kier molecular flexibility index (Phi) is 5.42. The number of aliphatic hydroxyl groups excluding tert-OH is 1. The molecular weight excluding hydrogens is 244 g/mol. The second-order valence-corrected chi connectivity index (χ2v) is 5.27. The van der Waals surface area contributed by atoms with Crippen LogP contribution in [0, 0.1) is 0 Å². The number of urea groups is 1. The van der Waals surface area contributed by atoms with Gasteiger partial charge in [-0.3, -0.25) is 9.91 Å². The summed E-state index contributed by atoms with van der Waals surface area (Å²) in [6.45, 7) is 9.30. The molecule has 0 bridgehead atoms. The number of hydrazine groups is 1. The van der Waals surface area contributed by atoms with E-state index < -0.39 is 0 Å². The molecule has 6 heteroatoms. The van der Waals surface area contributed by atoms with Gasteiger partial charge in [0.25, 0.3) is 0 Å². The largest absolute Gasteiger partial charge is 0.395 e. The van der Waals surface area contributed by atoms with Crippen molar-refractivity contribution in [3.63, 3.8) is 0 Å². The number of amides is 2. The van der Waals surface area contributed by atoms with Gasteiger partial charge in [0.15, 0.2) is 0 Å². The Morgan fingerprint density at radius 1 is 1.05 bits per heavy atom. The molecule has 2 fully saturated rings. The van der Waals surface area contributed by atoms with Gasteiger partial charge < -0.3 is 10.0 Å². The summed E-state index contributed by atoms with van der Waals surface area (Å²) in [5, 5.41) is 13.0. The summed E-state index contributed by atoms with van der Waals surface area (Å²) in [6, 6.07) is 0.170. The average Bonchev–Trinajstić information content (AvgIpc) is 2.79. The molecule has 110 valence electrons. The molecule has 0 radical (unpaired) electrons. The molecule has 0 aromatic rings. The van der Waals surface area contributed by atoms with E-state index in [4.69, 9.17) is 5.11 Å². The molecule has 0 aliphatic carbocycles. The van der Waals surface area contributed by atoms with E-state index in [9.17, 15) is 4.79 Å². The Morgan fingerprint density at radius 3 is 2.42 bits per heavy atom. The first kappa shape index (κ1) is 14.6. The van der Waals surface area contributed by atoms with Crippen LogP contribution in [0.5, 0.6) is 0 Å². The Hall–Kier alpha value is -0.850. The van der Waals surface area contributed by atoms with Crippen molar-refractivity contribution < 1.29 is 9.90 Å². The highest BCUT2D eigenvalue weighted by atomic mass is 16.3. The number of unbranched alkanes of at least 4 members (excludes halogenated alkanes) is 1. The molecule has 2 heterocycles. The van der Waals surface area contributed by atoms with E-state index in [-0.39, 0.29) is 12.6 Å². The number of hydrogen-bond acceptors (Lipinski definition) is 4. The van der Waals surface area contributed by atoms with Crippen LogP contribution in [-0.4, -0.2) is 89.9 Å². The Labute approximate surface area is 115 Å². The maximum Gasteiger partial charge on any atom is 0.334 e. The predicted octanol–water partition coefficient (Wildman–Crippen LogP) is 0.0490. The zero-order valence-electron chi connectivity index (χ0n) is 11.9. The fraction of sp³-hybridized carbons (Fsp3) is 0.923. The minimum absolute atomic E-state index is 0.170. The van der Waals surface area contributed by atoms with E-state index in [2.05, 4.69) is 16.8 Å². The van der Waals surface area contributed by atoms with Gasteiger partial charge in [-0.05, 0) is 6.42 Å². The molecule has 0 unspecified atom stereocenters. The zero-order valence-corrected chi connectivity index (χ0v) is 11.9. The lowest BCUT2D eigenvalue weighted by atomic mass is 10.3. The van der Waals surface area contributed by atoms with Crippen molar-refractivity contribution in [2.45, 2.75) is 19.8 Å². The smallest absolute Gasteiger partial charge is 0.334 e. The summed E-state index contributed by atoms with van der Waals surface area (Å²) >= 11 is 0. The molecule has 6 nitrogen and oxygen atoms in total. The third-order valence-electron chi connectivity index (χ3n) is 3.96. The molecule has 0 atom stereocenters. The van der Waals surface area contributed by atoms with Gasteiger partial charge in [-0.25, -0.2) is 9.80 Å². The van der Waals surface area contributed by atoms with Gasteiger partial charge >= 0.3 is 6.03 Å². The van der Waals surface area contributed by atoms with Crippen LogP contribution in [-0.2, 0) is 0 Å². The highest BCUT2D eigenvalue weighted by molar-refractivity contribution is 5.75. The molecule has 2 amide bonds. The molecule has 2 aliphatic heterocycles. The highest BCUT2D eigenvalue weighted by Gasteiger charge is 2.33. The van der Waals surface area contributed by atoms with Crippen LogP contribution < -0.4 is 0 Å². The van der Waals surface area contributed by atoms with Gasteiger partial charge in [-0.1, -0.05) is 13.3 Å². The number of nitrogens with zero attached hydrogens (tertiary/aromatic N) is 4. The lowest BCUT2D eigenvalue weighted by Crippen LogP contribution is -2.55. The number of rotatable bonds is 6. The molecule has 0 aromatic carbocycles. The van der Waals surface area contributed by atoms with E-state index in [0.717, 1.165) is 65.2 Å². The summed E-state index contributed by atoms with van der Waals surface area (Å²) in [4.78, 5) is 16.5. The minimum atomic E-state index is 0.170. The first-order valence-electron chi connectivity index (χ1n) is 7.40. The molecule has 2 saturated heterocycles. The Morgan fingerprint density at radius 2 is 1.79 bits per heavy atom. The molecule has 0 aromatic heterocycles. The van der Waals surface area contributed by atoms with Crippen molar-refractivity contribution in [1.29, 1.82) is 0 Å². The fourth-order valence-electron chi connectivity index (χ4n) is 2.73. The Bertz CT molecular complexity index is 292. The lowest BCUT2D eigenvalue weighted by Gasteiger charge is -2.38. The number of aliphatic hydroxyl groups is 1. The number of piperazine rings is 1. The molecule has 2 rings (SSSR count). The van der Waals surface area contributed by atoms with Crippen molar-refractivity contribution in [2.24, 2.45) is 0 Å². The standard InChI is InChI=1S/C13H26N4O2/c1-2-3-4-15-7-10-17(13(15)19)16-8-5-14(6-9-16)11-12-18/h18H,2-12H2,1H3. The van der Waals surface area contributed by atoms with Gasteiger partial charge in [-0.2, -0.15) is 0 Å². The van der Waals surface area contributed by atoms with Crippen molar-refractivity contribution in [3.05, 3.63) is 0 Å². The number of hydrogen-bond donors (Lipinski definition) is 1. The van der Waals surface area contributed by atoms with Gasteiger partial charge in [0.1, 0.15) is 0 Å². The van der Waals surface area contributed by atoms with Crippen molar-refractivity contribution in [3.8, 4) is 0 Å². The van der Waals surface area contributed by atoms with E-state index in [1.165, 1.54) is 0 Å². The number of carbonyl (C=O) groups is 1. The van der Waals surface area contributed by atoms with Crippen LogP contribution in [0.1, 0.15) is 19.8 Å². The predicted molar refractivity (Wildman–Crippen MR) is 73.7 cm³/mol. The lowest BCUT2D eigenvalue weighted by molar-refractivity contribution is -0.0151. The fourth-order valence-corrected chi connectivity index (χ4v) is 2.73. The second kappa shape index (κ2) is 7.07. The second-order valence-electron chi connectivity index (χ2n) is 5.27. The van der Waals surface area contributed by atoms with E-state index in [1.807, 2.05) is 9.91 Å². The van der Waals surface area contributed by atoms with Crippen LogP contribution in [0.3, 0.4) is 0 Å². The van der Waals surface area contributed by atoms with E-state index in [1.54, 1.807) is 0 Å². The zero-order chi connectivity index (χ0) is 13.7. The average molecular weight is 270 g/mol. The third-order valence-corrected chi connectivity index (χ3v) is 3.96. The van der Waals surface area contributed by atoms with Crippen molar-refractivity contribution in [2.75, 3.05) is 59.0 Å². The van der Waals surface area contributed by atoms with Gasteiger partial charge in [-0.15, -0.1) is 0 Å². The monoisotopic (exact) mass is 270 g/mol. The van der Waals surface area contributed by atoms with Crippen LogP contribution >= 0.6 is 0 Å².